The van der Waals surface area contributed by atoms with Gasteiger partial charge in [0.05, 0.1) is 24.5 Å². The van der Waals surface area contributed by atoms with Crippen LogP contribution in [0.4, 0.5) is 5.69 Å². The molecule has 4 rings (SSSR count). The van der Waals surface area contributed by atoms with Gasteiger partial charge in [0.1, 0.15) is 0 Å². The van der Waals surface area contributed by atoms with Crippen LogP contribution in [0.3, 0.4) is 0 Å². The molecule has 0 fully saturated rings. The Bertz CT molecular complexity index is 1400. The van der Waals surface area contributed by atoms with Crippen molar-refractivity contribution in [2.75, 3.05) is 17.2 Å². The Hall–Kier alpha value is -2.52. The van der Waals surface area contributed by atoms with Gasteiger partial charge in [-0.1, -0.05) is 23.2 Å². The lowest BCUT2D eigenvalue weighted by molar-refractivity contribution is -0.670. The number of allylic oxidation sites excluding steroid dienone is 2. The van der Waals surface area contributed by atoms with Gasteiger partial charge in [0, 0.05) is 35.2 Å². The Morgan fingerprint density at radius 2 is 1.85 bits per heavy atom. The molecule has 1 aliphatic rings. The maximum absolute atomic E-state index is 11.2. The first kappa shape index (κ1) is 24.6. The monoisotopic (exact) mass is 522 g/mol. The lowest BCUT2D eigenvalue weighted by Gasteiger charge is -2.15. The molecule has 1 N–H and O–H groups in total. The highest BCUT2D eigenvalue weighted by molar-refractivity contribution is 7.85. The maximum Gasteiger partial charge on any atom is 0.282 e. The summed E-state index contributed by atoms with van der Waals surface area (Å²) in [5.74, 6) is 2.01. The van der Waals surface area contributed by atoms with Gasteiger partial charge in [0.2, 0.25) is 5.88 Å². The van der Waals surface area contributed by atoms with Crippen molar-refractivity contribution in [3.05, 3.63) is 70.3 Å². The molecule has 1 aliphatic heterocycles. The summed E-state index contributed by atoms with van der Waals surface area (Å²) < 4.78 is 41.8. The van der Waals surface area contributed by atoms with Crippen LogP contribution in [0, 0.1) is 0 Å². The van der Waals surface area contributed by atoms with Gasteiger partial charge in [-0.2, -0.15) is 8.42 Å². The standard InChI is InChI=1S/C24H25Cl2N3O4S/c1-3-27-19-11-9-17(25)15-20(19)29(13-6-14-34(30,31)32)23(27)7-5-8-24-28(4-2)21-16-18(26)10-12-22(21)33-24/h5,7-12,15-16H,3-4,6,13-14H2,1-2H3/p+1. The summed E-state index contributed by atoms with van der Waals surface area (Å²) in [6.07, 6.45) is 6.03. The largest absolute Gasteiger partial charge is 0.439 e. The van der Waals surface area contributed by atoms with Crippen molar-refractivity contribution in [3.63, 3.8) is 0 Å². The lowest BCUT2D eigenvalue weighted by Crippen LogP contribution is -2.35. The number of ether oxygens (including phenoxy) is 1. The number of benzene rings is 2. The van der Waals surface area contributed by atoms with Crippen LogP contribution in [-0.4, -0.2) is 29.8 Å². The van der Waals surface area contributed by atoms with Crippen LogP contribution < -0.4 is 14.2 Å². The number of imidazole rings is 1. The molecule has 0 aliphatic carbocycles. The number of rotatable bonds is 8. The zero-order valence-corrected chi connectivity index (χ0v) is 21.2. The first-order valence-corrected chi connectivity index (χ1v) is 13.4. The molecule has 180 valence electrons. The van der Waals surface area contributed by atoms with Crippen molar-refractivity contribution in [2.45, 2.75) is 33.4 Å². The topological polar surface area (TPSA) is 75.7 Å². The SMILES string of the molecule is CCN1/C(=C\C=C/c2n(CCCS(=O)(=O)O)c3cc(Cl)ccc3[n+]2CC)Oc2ccc(Cl)cc21. The van der Waals surface area contributed by atoms with E-state index in [9.17, 15) is 8.42 Å². The van der Waals surface area contributed by atoms with E-state index in [2.05, 4.69) is 4.57 Å². The molecular weight excluding hydrogens is 497 g/mol. The Labute approximate surface area is 209 Å². The average Bonchev–Trinajstić information content (AvgIpc) is 3.27. The molecular formula is C24H26Cl2N3O4S+. The van der Waals surface area contributed by atoms with Crippen molar-refractivity contribution in [1.29, 1.82) is 0 Å². The van der Waals surface area contributed by atoms with Crippen molar-refractivity contribution < 1.29 is 22.3 Å². The Balaban J connectivity index is 1.71. The predicted octanol–water partition coefficient (Wildman–Crippen LogP) is 5.31. The van der Waals surface area contributed by atoms with Gasteiger partial charge >= 0.3 is 0 Å². The van der Waals surface area contributed by atoms with Crippen LogP contribution in [-0.2, 0) is 23.2 Å². The van der Waals surface area contributed by atoms with E-state index in [1.54, 1.807) is 6.07 Å². The van der Waals surface area contributed by atoms with Crippen LogP contribution in [0.15, 0.2) is 54.4 Å². The third-order valence-corrected chi connectivity index (χ3v) is 6.94. The molecule has 7 nitrogen and oxygen atoms in total. The fourth-order valence-corrected chi connectivity index (χ4v) is 5.05. The molecule has 0 saturated heterocycles. The third kappa shape index (κ3) is 5.10. The van der Waals surface area contributed by atoms with E-state index in [1.807, 2.05) is 71.9 Å². The highest BCUT2D eigenvalue weighted by Gasteiger charge is 2.25. The van der Waals surface area contributed by atoms with E-state index in [4.69, 9.17) is 32.5 Å². The molecule has 1 aromatic heterocycles. The first-order chi connectivity index (χ1) is 16.2. The number of aromatic nitrogens is 2. The molecule has 0 spiro atoms. The van der Waals surface area contributed by atoms with Gasteiger partial charge in [0.15, 0.2) is 16.8 Å². The Kier molecular flexibility index (Phi) is 7.23. The van der Waals surface area contributed by atoms with Gasteiger partial charge in [0.25, 0.3) is 15.9 Å². The van der Waals surface area contributed by atoms with Crippen molar-refractivity contribution in [1.82, 2.24) is 4.57 Å². The molecule has 10 heteroatoms. The number of fused-ring (bicyclic) bond motifs is 2. The molecule has 0 unspecified atom stereocenters. The van der Waals surface area contributed by atoms with Gasteiger partial charge in [-0.15, -0.1) is 0 Å². The molecule has 2 heterocycles. The zero-order valence-electron chi connectivity index (χ0n) is 18.9. The van der Waals surface area contributed by atoms with Crippen molar-refractivity contribution in [2.24, 2.45) is 0 Å². The smallest absolute Gasteiger partial charge is 0.282 e. The summed E-state index contributed by atoms with van der Waals surface area (Å²) in [7, 11) is -4.04. The summed E-state index contributed by atoms with van der Waals surface area (Å²) in [5, 5.41) is 1.24. The summed E-state index contributed by atoms with van der Waals surface area (Å²) in [6.45, 7) is 5.92. The summed E-state index contributed by atoms with van der Waals surface area (Å²) in [5.41, 5.74) is 2.80. The lowest BCUT2D eigenvalue weighted by atomic mass is 10.3. The van der Waals surface area contributed by atoms with Crippen LogP contribution in [0.5, 0.6) is 5.75 Å². The Morgan fingerprint density at radius 3 is 2.56 bits per heavy atom. The number of nitrogens with zero attached hydrogens (tertiary/aromatic N) is 3. The Morgan fingerprint density at radius 1 is 1.12 bits per heavy atom. The normalized spacial score (nSPS) is 15.0. The molecule has 3 aromatic rings. The molecule has 34 heavy (non-hydrogen) atoms. The van der Waals surface area contributed by atoms with E-state index in [1.165, 1.54) is 0 Å². The van der Waals surface area contributed by atoms with Crippen LogP contribution in [0.25, 0.3) is 17.1 Å². The molecule has 0 saturated carbocycles. The number of hydrogen-bond donors (Lipinski definition) is 1. The number of hydrogen-bond acceptors (Lipinski definition) is 4. The fraction of sp³-hybridized carbons (Fsp3) is 0.292. The first-order valence-electron chi connectivity index (χ1n) is 11.0. The highest BCUT2D eigenvalue weighted by Crippen LogP contribution is 2.40. The second-order valence-corrected chi connectivity index (χ2v) is 10.3. The molecule has 0 atom stereocenters. The van der Waals surface area contributed by atoms with Crippen LogP contribution in [0.2, 0.25) is 10.0 Å². The quantitative estimate of drug-likeness (QED) is 0.320. The molecule has 0 radical (unpaired) electrons. The van der Waals surface area contributed by atoms with Crippen molar-refractivity contribution in [3.8, 4) is 5.75 Å². The van der Waals surface area contributed by atoms with E-state index in [0.717, 1.165) is 34.8 Å². The number of anilines is 1. The third-order valence-electron chi connectivity index (χ3n) is 5.67. The van der Waals surface area contributed by atoms with Gasteiger partial charge in [-0.05, 0) is 56.3 Å². The minimum Gasteiger partial charge on any atom is -0.439 e. The number of aryl methyl sites for hydroxylation is 2. The predicted molar refractivity (Wildman–Crippen MR) is 136 cm³/mol. The molecule has 2 aromatic carbocycles. The number of halogens is 2. The van der Waals surface area contributed by atoms with Crippen LogP contribution >= 0.6 is 23.2 Å². The minimum atomic E-state index is -4.04. The van der Waals surface area contributed by atoms with Gasteiger partial charge < -0.3 is 9.64 Å². The van der Waals surface area contributed by atoms with E-state index in [0.29, 0.717) is 29.0 Å². The van der Waals surface area contributed by atoms with Crippen molar-refractivity contribution >= 4 is 56.1 Å². The second-order valence-electron chi connectivity index (χ2n) is 7.85. The van der Waals surface area contributed by atoms with E-state index < -0.39 is 10.1 Å². The zero-order chi connectivity index (χ0) is 24.5. The molecule has 0 bridgehead atoms. The maximum atomic E-state index is 11.2. The average molecular weight is 523 g/mol. The summed E-state index contributed by atoms with van der Waals surface area (Å²) >= 11 is 12.4. The summed E-state index contributed by atoms with van der Waals surface area (Å²) in [4.78, 5) is 2.04. The highest BCUT2D eigenvalue weighted by atomic mass is 35.5. The van der Waals surface area contributed by atoms with Gasteiger partial charge in [-0.3, -0.25) is 4.55 Å². The fourth-order valence-electron chi connectivity index (χ4n) is 4.23. The molecule has 0 amide bonds. The second kappa shape index (κ2) is 10.00. The summed E-state index contributed by atoms with van der Waals surface area (Å²) in [6, 6.07) is 11.2. The van der Waals surface area contributed by atoms with E-state index in [-0.39, 0.29) is 12.2 Å². The van der Waals surface area contributed by atoms with Gasteiger partial charge in [-0.25, -0.2) is 9.13 Å². The van der Waals surface area contributed by atoms with Crippen LogP contribution in [0.1, 0.15) is 26.1 Å². The van der Waals surface area contributed by atoms with E-state index >= 15 is 0 Å². The minimum absolute atomic E-state index is 0.267.